The van der Waals surface area contributed by atoms with Crippen molar-refractivity contribution < 1.29 is 9.90 Å². The van der Waals surface area contributed by atoms with Gasteiger partial charge in [-0.05, 0) is 32.1 Å². The lowest BCUT2D eigenvalue weighted by molar-refractivity contribution is 0.104. The number of ketones is 1. The lowest BCUT2D eigenvalue weighted by atomic mass is 10.1. The Morgan fingerprint density at radius 2 is 2.15 bits per heavy atom. The van der Waals surface area contributed by atoms with E-state index in [0.717, 1.165) is 5.56 Å². The van der Waals surface area contributed by atoms with E-state index >= 15 is 0 Å². The Labute approximate surface area is 77.5 Å². The van der Waals surface area contributed by atoms with Crippen LogP contribution in [0.3, 0.4) is 0 Å². The van der Waals surface area contributed by atoms with E-state index in [1.807, 2.05) is 6.92 Å². The molecule has 1 N–H and O–H groups in total. The molecule has 0 aliphatic carbocycles. The Kier molecular flexibility index (Phi) is 2.85. The van der Waals surface area contributed by atoms with Crippen LogP contribution < -0.4 is 0 Å². The van der Waals surface area contributed by atoms with Crippen LogP contribution in [0.1, 0.15) is 22.8 Å². The molecule has 0 fully saturated rings. The molecule has 0 aromatic heterocycles. The van der Waals surface area contributed by atoms with Gasteiger partial charge in [-0.25, -0.2) is 0 Å². The van der Waals surface area contributed by atoms with Crippen molar-refractivity contribution in [2.75, 3.05) is 0 Å². The highest BCUT2D eigenvalue weighted by Crippen LogP contribution is 2.18. The highest BCUT2D eigenvalue weighted by molar-refractivity contribution is 6.06. The first-order valence-corrected chi connectivity index (χ1v) is 4.12. The average molecular weight is 176 g/mol. The van der Waals surface area contributed by atoms with Crippen molar-refractivity contribution in [1.29, 1.82) is 0 Å². The lowest BCUT2D eigenvalue weighted by Crippen LogP contribution is -1.95. The summed E-state index contributed by atoms with van der Waals surface area (Å²) in [5, 5.41) is 9.38. The van der Waals surface area contributed by atoms with Crippen molar-refractivity contribution in [1.82, 2.24) is 0 Å². The Hall–Kier alpha value is -1.57. The van der Waals surface area contributed by atoms with E-state index in [9.17, 15) is 9.90 Å². The monoisotopic (exact) mass is 176 g/mol. The van der Waals surface area contributed by atoms with E-state index in [0.29, 0.717) is 5.56 Å². The molecular weight excluding hydrogens is 164 g/mol. The molecule has 0 aliphatic rings. The van der Waals surface area contributed by atoms with Gasteiger partial charge in [-0.3, -0.25) is 4.79 Å². The van der Waals surface area contributed by atoms with Crippen LogP contribution in [0.5, 0.6) is 5.75 Å². The number of phenolic OH excluding ortho intramolecular Hbond substituents is 1. The largest absolute Gasteiger partial charge is 0.507 e. The number of rotatable bonds is 2. The average Bonchev–Trinajstić information content (AvgIpc) is 2.09. The van der Waals surface area contributed by atoms with Crippen molar-refractivity contribution in [3.63, 3.8) is 0 Å². The minimum absolute atomic E-state index is 0.0358. The predicted octanol–water partition coefficient (Wildman–Crippen LogP) is 2.46. The predicted molar refractivity (Wildman–Crippen MR) is 52.0 cm³/mol. The maximum atomic E-state index is 11.4. The Morgan fingerprint density at radius 3 is 2.77 bits per heavy atom. The maximum Gasteiger partial charge on any atom is 0.189 e. The van der Waals surface area contributed by atoms with Crippen LogP contribution in [-0.2, 0) is 0 Å². The summed E-state index contributed by atoms with van der Waals surface area (Å²) >= 11 is 0. The second-order valence-corrected chi connectivity index (χ2v) is 2.88. The van der Waals surface area contributed by atoms with Gasteiger partial charge in [0.15, 0.2) is 5.78 Å². The Balaban J connectivity index is 3.13. The molecule has 68 valence electrons. The third kappa shape index (κ3) is 2.18. The molecule has 0 amide bonds. The number of aromatic hydroxyl groups is 1. The summed E-state index contributed by atoms with van der Waals surface area (Å²) in [4.78, 5) is 11.4. The number of carbonyl (C=O) groups excluding carboxylic acids is 1. The first kappa shape index (κ1) is 9.52. The molecule has 0 heterocycles. The zero-order valence-electron chi connectivity index (χ0n) is 7.74. The van der Waals surface area contributed by atoms with E-state index < -0.39 is 0 Å². The van der Waals surface area contributed by atoms with Crippen molar-refractivity contribution in [2.24, 2.45) is 0 Å². The van der Waals surface area contributed by atoms with Crippen molar-refractivity contribution in [3.05, 3.63) is 41.5 Å². The number of hydrogen-bond acceptors (Lipinski definition) is 2. The number of aryl methyl sites for hydroxylation is 1. The highest BCUT2D eigenvalue weighted by atomic mass is 16.3. The maximum absolute atomic E-state index is 11.4. The molecule has 2 heteroatoms. The summed E-state index contributed by atoms with van der Waals surface area (Å²) in [5.41, 5.74) is 1.32. The van der Waals surface area contributed by atoms with Gasteiger partial charge < -0.3 is 5.11 Å². The summed E-state index contributed by atoms with van der Waals surface area (Å²) in [6, 6.07) is 4.98. The first-order chi connectivity index (χ1) is 6.15. The van der Waals surface area contributed by atoms with Gasteiger partial charge in [0.05, 0.1) is 5.56 Å². The standard InChI is InChI=1S/C11H12O2/c1-3-4-10(12)9-7-8(2)5-6-11(9)13/h3-7,13H,1-2H3. The van der Waals surface area contributed by atoms with Crippen LogP contribution in [-0.4, -0.2) is 10.9 Å². The fourth-order valence-electron chi connectivity index (χ4n) is 1.09. The van der Waals surface area contributed by atoms with Gasteiger partial charge >= 0.3 is 0 Å². The Bertz CT molecular complexity index is 351. The van der Waals surface area contributed by atoms with Gasteiger partial charge in [0.25, 0.3) is 0 Å². The molecule has 0 radical (unpaired) electrons. The van der Waals surface area contributed by atoms with E-state index in [2.05, 4.69) is 0 Å². The molecule has 13 heavy (non-hydrogen) atoms. The number of phenols is 1. The molecule has 2 nitrogen and oxygen atoms in total. The van der Waals surface area contributed by atoms with Crippen LogP contribution in [0.2, 0.25) is 0 Å². The van der Waals surface area contributed by atoms with Crippen molar-refractivity contribution >= 4 is 5.78 Å². The van der Waals surface area contributed by atoms with E-state index in [-0.39, 0.29) is 11.5 Å². The van der Waals surface area contributed by atoms with E-state index in [1.165, 1.54) is 12.1 Å². The number of benzene rings is 1. The van der Waals surface area contributed by atoms with Crippen LogP contribution in [0.4, 0.5) is 0 Å². The van der Waals surface area contributed by atoms with Gasteiger partial charge in [0.2, 0.25) is 0 Å². The summed E-state index contributed by atoms with van der Waals surface area (Å²) in [5.74, 6) is -0.127. The molecule has 1 rings (SSSR count). The molecule has 0 unspecified atom stereocenters. The third-order valence-electron chi connectivity index (χ3n) is 1.74. The first-order valence-electron chi connectivity index (χ1n) is 4.12. The van der Waals surface area contributed by atoms with Gasteiger partial charge in [-0.1, -0.05) is 17.7 Å². The number of allylic oxidation sites excluding steroid dienone is 2. The zero-order valence-corrected chi connectivity index (χ0v) is 7.74. The zero-order chi connectivity index (χ0) is 9.84. The van der Waals surface area contributed by atoms with Crippen LogP contribution in [0.15, 0.2) is 30.4 Å². The number of carbonyl (C=O) groups is 1. The molecule has 0 saturated carbocycles. The molecule has 0 spiro atoms. The molecule has 0 aliphatic heterocycles. The fraction of sp³-hybridized carbons (Fsp3) is 0.182. The SMILES string of the molecule is CC=CC(=O)c1cc(C)ccc1O. The second-order valence-electron chi connectivity index (χ2n) is 2.88. The van der Waals surface area contributed by atoms with Gasteiger partial charge in [0, 0.05) is 0 Å². The minimum Gasteiger partial charge on any atom is -0.507 e. The quantitative estimate of drug-likeness (QED) is 0.555. The summed E-state index contributed by atoms with van der Waals surface area (Å²) in [6.45, 7) is 3.65. The summed E-state index contributed by atoms with van der Waals surface area (Å²) in [7, 11) is 0. The van der Waals surface area contributed by atoms with E-state index in [4.69, 9.17) is 0 Å². The normalized spacial score (nSPS) is 10.6. The molecule has 0 bridgehead atoms. The van der Waals surface area contributed by atoms with Crippen LogP contribution >= 0.6 is 0 Å². The van der Waals surface area contributed by atoms with Crippen LogP contribution in [0.25, 0.3) is 0 Å². The van der Waals surface area contributed by atoms with E-state index in [1.54, 1.807) is 25.1 Å². The van der Waals surface area contributed by atoms with Crippen molar-refractivity contribution in [3.8, 4) is 5.75 Å². The summed E-state index contributed by atoms with van der Waals surface area (Å²) < 4.78 is 0. The van der Waals surface area contributed by atoms with Gasteiger partial charge in [-0.15, -0.1) is 0 Å². The topological polar surface area (TPSA) is 37.3 Å². The highest BCUT2D eigenvalue weighted by Gasteiger charge is 2.06. The lowest BCUT2D eigenvalue weighted by Gasteiger charge is -2.01. The second kappa shape index (κ2) is 3.90. The molecular formula is C11H12O2. The molecule has 1 aromatic carbocycles. The van der Waals surface area contributed by atoms with Crippen molar-refractivity contribution in [2.45, 2.75) is 13.8 Å². The Morgan fingerprint density at radius 1 is 1.46 bits per heavy atom. The third-order valence-corrected chi connectivity index (χ3v) is 1.74. The van der Waals surface area contributed by atoms with Gasteiger partial charge in [-0.2, -0.15) is 0 Å². The molecule has 0 saturated heterocycles. The molecule has 0 atom stereocenters. The van der Waals surface area contributed by atoms with Crippen LogP contribution in [0, 0.1) is 6.92 Å². The number of hydrogen-bond donors (Lipinski definition) is 1. The summed E-state index contributed by atoms with van der Waals surface area (Å²) in [6.07, 6.45) is 3.10. The minimum atomic E-state index is -0.163. The molecule has 1 aromatic rings. The van der Waals surface area contributed by atoms with Gasteiger partial charge in [0.1, 0.15) is 5.75 Å². The fourth-order valence-corrected chi connectivity index (χ4v) is 1.09. The smallest absolute Gasteiger partial charge is 0.189 e.